The van der Waals surface area contributed by atoms with E-state index >= 15 is 0 Å². The van der Waals surface area contributed by atoms with Gasteiger partial charge in [0, 0.05) is 4.88 Å². The van der Waals surface area contributed by atoms with Gasteiger partial charge in [0.25, 0.3) is 5.91 Å². The molecule has 0 saturated carbocycles. The number of carbonyl (C=O) groups is 1. The SMILES string of the molecule is CCC(NC(=O)c1cc(C)c(C)s1)c1ccc(C)cc1. The minimum atomic E-state index is 0.0265. The highest BCUT2D eigenvalue weighted by molar-refractivity contribution is 7.14. The Kier molecular flexibility index (Phi) is 4.61. The number of rotatable bonds is 4. The Balaban J connectivity index is 2.13. The van der Waals surface area contributed by atoms with Gasteiger partial charge in [0.2, 0.25) is 0 Å². The topological polar surface area (TPSA) is 29.1 Å². The normalized spacial score (nSPS) is 12.2. The summed E-state index contributed by atoms with van der Waals surface area (Å²) in [5.41, 5.74) is 3.58. The van der Waals surface area contributed by atoms with Gasteiger partial charge in [-0.25, -0.2) is 0 Å². The highest BCUT2D eigenvalue weighted by Gasteiger charge is 2.16. The monoisotopic (exact) mass is 287 g/mol. The van der Waals surface area contributed by atoms with Gasteiger partial charge in [-0.15, -0.1) is 11.3 Å². The Morgan fingerprint density at radius 2 is 1.85 bits per heavy atom. The molecule has 0 spiro atoms. The lowest BCUT2D eigenvalue weighted by atomic mass is 10.0. The molecule has 0 aliphatic carbocycles. The molecule has 0 fully saturated rings. The van der Waals surface area contributed by atoms with Gasteiger partial charge in [-0.05, 0) is 44.4 Å². The van der Waals surface area contributed by atoms with Crippen LogP contribution in [0, 0.1) is 20.8 Å². The molecule has 1 aromatic carbocycles. The van der Waals surface area contributed by atoms with Crippen molar-refractivity contribution in [2.45, 2.75) is 40.2 Å². The highest BCUT2D eigenvalue weighted by Crippen LogP contribution is 2.23. The van der Waals surface area contributed by atoms with Crippen LogP contribution in [0.25, 0.3) is 0 Å². The van der Waals surface area contributed by atoms with E-state index in [2.05, 4.69) is 43.4 Å². The average molecular weight is 287 g/mol. The van der Waals surface area contributed by atoms with Crippen molar-refractivity contribution in [2.75, 3.05) is 0 Å². The lowest BCUT2D eigenvalue weighted by Crippen LogP contribution is -2.27. The molecule has 1 aromatic heterocycles. The third kappa shape index (κ3) is 3.28. The smallest absolute Gasteiger partial charge is 0.261 e. The second kappa shape index (κ2) is 6.23. The van der Waals surface area contributed by atoms with Crippen LogP contribution in [0.2, 0.25) is 0 Å². The summed E-state index contributed by atoms with van der Waals surface area (Å²) in [6.45, 7) is 8.25. The molecule has 0 radical (unpaired) electrons. The zero-order chi connectivity index (χ0) is 14.7. The molecule has 2 aromatic rings. The summed E-state index contributed by atoms with van der Waals surface area (Å²) in [4.78, 5) is 14.3. The van der Waals surface area contributed by atoms with E-state index < -0.39 is 0 Å². The number of aryl methyl sites for hydroxylation is 3. The second-order valence-electron chi connectivity index (χ2n) is 5.19. The van der Waals surface area contributed by atoms with Gasteiger partial charge in [0.1, 0.15) is 0 Å². The Bertz CT molecular complexity index is 578. The van der Waals surface area contributed by atoms with Crippen molar-refractivity contribution < 1.29 is 4.79 Å². The van der Waals surface area contributed by atoms with E-state index in [4.69, 9.17) is 0 Å². The first-order chi connectivity index (χ1) is 9.51. The molecule has 0 bridgehead atoms. The van der Waals surface area contributed by atoms with Gasteiger partial charge >= 0.3 is 0 Å². The molecule has 1 atom stereocenters. The Morgan fingerprint density at radius 1 is 1.20 bits per heavy atom. The molecule has 1 unspecified atom stereocenters. The minimum absolute atomic E-state index is 0.0265. The predicted molar refractivity (Wildman–Crippen MR) is 85.5 cm³/mol. The fourth-order valence-corrected chi connectivity index (χ4v) is 3.07. The van der Waals surface area contributed by atoms with Crippen molar-refractivity contribution in [3.05, 3.63) is 56.8 Å². The summed E-state index contributed by atoms with van der Waals surface area (Å²) >= 11 is 1.56. The van der Waals surface area contributed by atoms with Crippen LogP contribution in [0.5, 0.6) is 0 Å². The van der Waals surface area contributed by atoms with Crippen molar-refractivity contribution in [3.8, 4) is 0 Å². The van der Waals surface area contributed by atoms with Gasteiger partial charge in [0.05, 0.1) is 10.9 Å². The van der Waals surface area contributed by atoms with E-state index in [1.54, 1.807) is 11.3 Å². The third-order valence-corrected chi connectivity index (χ3v) is 4.73. The molecule has 1 heterocycles. The molecule has 2 nitrogen and oxygen atoms in total. The van der Waals surface area contributed by atoms with Crippen molar-refractivity contribution in [1.82, 2.24) is 5.32 Å². The molecular weight excluding hydrogens is 266 g/mol. The number of nitrogens with one attached hydrogen (secondary N) is 1. The first-order valence-electron chi connectivity index (χ1n) is 6.95. The summed E-state index contributed by atoms with van der Waals surface area (Å²) in [7, 11) is 0. The van der Waals surface area contributed by atoms with E-state index in [1.165, 1.54) is 16.0 Å². The maximum absolute atomic E-state index is 12.3. The summed E-state index contributed by atoms with van der Waals surface area (Å²) in [6, 6.07) is 10.4. The zero-order valence-corrected chi connectivity index (χ0v) is 13.3. The zero-order valence-electron chi connectivity index (χ0n) is 12.5. The fourth-order valence-electron chi connectivity index (χ4n) is 2.13. The number of carbonyl (C=O) groups excluding carboxylic acids is 1. The maximum Gasteiger partial charge on any atom is 0.261 e. The summed E-state index contributed by atoms with van der Waals surface area (Å²) in [5.74, 6) is 0.0265. The standard InChI is InChI=1S/C17H21NOS/c1-5-15(14-8-6-11(2)7-9-14)18-17(19)16-10-12(3)13(4)20-16/h6-10,15H,5H2,1-4H3,(H,18,19). The molecule has 0 aliphatic rings. The molecule has 1 amide bonds. The van der Waals surface area contributed by atoms with Crippen LogP contribution >= 0.6 is 11.3 Å². The minimum Gasteiger partial charge on any atom is -0.345 e. The van der Waals surface area contributed by atoms with Crippen molar-refractivity contribution >= 4 is 17.2 Å². The Morgan fingerprint density at radius 3 is 2.35 bits per heavy atom. The van der Waals surface area contributed by atoms with Crippen molar-refractivity contribution in [3.63, 3.8) is 0 Å². The van der Waals surface area contributed by atoms with Crippen LogP contribution in [0.3, 0.4) is 0 Å². The quantitative estimate of drug-likeness (QED) is 0.878. The van der Waals surface area contributed by atoms with Crippen LogP contribution in [-0.4, -0.2) is 5.91 Å². The number of thiophene rings is 1. The van der Waals surface area contributed by atoms with Crippen LogP contribution in [0.1, 0.15) is 50.6 Å². The predicted octanol–water partition coefficient (Wildman–Crippen LogP) is 4.55. The second-order valence-corrected chi connectivity index (χ2v) is 6.45. The van der Waals surface area contributed by atoms with Gasteiger partial charge in [0.15, 0.2) is 0 Å². The van der Waals surface area contributed by atoms with Crippen LogP contribution in [0.4, 0.5) is 0 Å². The molecule has 0 aliphatic heterocycles. The lowest BCUT2D eigenvalue weighted by molar-refractivity contribution is 0.0939. The van der Waals surface area contributed by atoms with E-state index in [0.717, 1.165) is 16.9 Å². The van der Waals surface area contributed by atoms with E-state index in [0.29, 0.717) is 0 Å². The number of amides is 1. The molecular formula is C17H21NOS. The number of hydrogen-bond acceptors (Lipinski definition) is 2. The lowest BCUT2D eigenvalue weighted by Gasteiger charge is -2.17. The average Bonchev–Trinajstić information content (AvgIpc) is 2.77. The van der Waals surface area contributed by atoms with Crippen LogP contribution in [-0.2, 0) is 0 Å². The molecule has 106 valence electrons. The maximum atomic E-state index is 12.3. The third-order valence-electron chi connectivity index (χ3n) is 3.58. The van der Waals surface area contributed by atoms with Crippen molar-refractivity contribution in [1.29, 1.82) is 0 Å². The van der Waals surface area contributed by atoms with Gasteiger partial charge < -0.3 is 5.32 Å². The summed E-state index contributed by atoms with van der Waals surface area (Å²) < 4.78 is 0. The Labute approximate surface area is 124 Å². The summed E-state index contributed by atoms with van der Waals surface area (Å²) in [6.07, 6.45) is 0.887. The first kappa shape index (κ1) is 14.8. The fraction of sp³-hybridized carbons (Fsp3) is 0.353. The van der Waals surface area contributed by atoms with Gasteiger partial charge in [-0.2, -0.15) is 0 Å². The van der Waals surface area contributed by atoms with Gasteiger partial charge in [-0.3, -0.25) is 4.79 Å². The first-order valence-corrected chi connectivity index (χ1v) is 7.77. The number of hydrogen-bond donors (Lipinski definition) is 1. The highest BCUT2D eigenvalue weighted by atomic mass is 32.1. The van der Waals surface area contributed by atoms with Crippen LogP contribution in [0.15, 0.2) is 30.3 Å². The number of benzene rings is 1. The molecule has 1 N–H and O–H groups in total. The largest absolute Gasteiger partial charge is 0.345 e. The molecule has 3 heteroatoms. The van der Waals surface area contributed by atoms with Crippen molar-refractivity contribution in [2.24, 2.45) is 0 Å². The Hall–Kier alpha value is -1.61. The van der Waals surface area contributed by atoms with Crippen LogP contribution < -0.4 is 5.32 Å². The van der Waals surface area contributed by atoms with E-state index in [1.807, 2.05) is 19.9 Å². The molecule has 20 heavy (non-hydrogen) atoms. The van der Waals surface area contributed by atoms with Gasteiger partial charge in [-0.1, -0.05) is 36.8 Å². The molecule has 2 rings (SSSR count). The van der Waals surface area contributed by atoms with E-state index in [-0.39, 0.29) is 11.9 Å². The van der Waals surface area contributed by atoms with E-state index in [9.17, 15) is 4.79 Å². The molecule has 0 saturated heterocycles. The summed E-state index contributed by atoms with van der Waals surface area (Å²) in [5, 5.41) is 3.13.